The molecule has 2 N–H and O–H groups in total. The summed E-state index contributed by atoms with van der Waals surface area (Å²) in [4.78, 5) is 46.0. The Kier molecular flexibility index (Phi) is 7.46. The smallest absolute Gasteiger partial charge is 0.410 e. The number of amides is 1. The summed E-state index contributed by atoms with van der Waals surface area (Å²) in [6, 6.07) is 0.542. The van der Waals surface area contributed by atoms with Gasteiger partial charge in [-0.1, -0.05) is 0 Å². The SMILES string of the molecule is CN(C(=O)OC(C)(C)C)C(CC(Oc1ccc(F)cc1[N+](=O)[O-])C(=O)O)C(=O)O. The van der Waals surface area contributed by atoms with Gasteiger partial charge in [-0.3, -0.25) is 15.0 Å². The largest absolute Gasteiger partial charge is 0.480 e. The maximum atomic E-state index is 13.2. The first-order chi connectivity index (χ1) is 13.2. The van der Waals surface area contributed by atoms with E-state index in [4.69, 9.17) is 9.47 Å². The molecule has 29 heavy (non-hydrogen) atoms. The lowest BCUT2D eigenvalue weighted by Gasteiger charge is -2.29. The van der Waals surface area contributed by atoms with Gasteiger partial charge in [0.15, 0.2) is 11.9 Å². The van der Waals surface area contributed by atoms with Crippen molar-refractivity contribution in [2.45, 2.75) is 44.9 Å². The summed E-state index contributed by atoms with van der Waals surface area (Å²) in [6.45, 7) is 4.68. The highest BCUT2D eigenvalue weighted by Crippen LogP contribution is 2.29. The molecule has 0 fully saturated rings. The Balaban J connectivity index is 3.12. The normalized spacial score (nSPS) is 13.1. The number of nitro groups is 1. The molecule has 0 aliphatic rings. The van der Waals surface area contributed by atoms with Gasteiger partial charge >= 0.3 is 23.7 Å². The van der Waals surface area contributed by atoms with Gasteiger partial charge in [0.1, 0.15) is 17.5 Å². The Labute approximate surface area is 164 Å². The molecule has 0 spiro atoms. The lowest BCUT2D eigenvalue weighted by Crippen LogP contribution is -2.48. The van der Waals surface area contributed by atoms with E-state index in [1.54, 1.807) is 20.8 Å². The van der Waals surface area contributed by atoms with E-state index in [-0.39, 0.29) is 0 Å². The zero-order valence-electron chi connectivity index (χ0n) is 16.1. The molecule has 0 aromatic heterocycles. The van der Waals surface area contributed by atoms with Crippen molar-refractivity contribution >= 4 is 23.7 Å². The van der Waals surface area contributed by atoms with Gasteiger partial charge in [-0.2, -0.15) is 0 Å². The van der Waals surface area contributed by atoms with Crippen LogP contribution in [-0.2, 0) is 14.3 Å². The Morgan fingerprint density at radius 2 is 1.83 bits per heavy atom. The monoisotopic (exact) mass is 416 g/mol. The molecule has 1 aromatic rings. The Morgan fingerprint density at radius 1 is 1.24 bits per heavy atom. The second-order valence-corrected chi connectivity index (χ2v) is 6.99. The van der Waals surface area contributed by atoms with Crippen LogP contribution in [0.15, 0.2) is 18.2 Å². The van der Waals surface area contributed by atoms with E-state index >= 15 is 0 Å². The standard InChI is InChI=1S/C17H21FN2O9/c1-17(2,3)29-16(25)19(4)11(14(21)22)8-13(15(23)24)28-12-6-5-9(18)7-10(12)20(26)27/h5-7,11,13H,8H2,1-4H3,(H,21,22)(H,23,24). The molecular weight excluding hydrogens is 395 g/mol. The number of ether oxygens (including phenoxy) is 2. The summed E-state index contributed by atoms with van der Waals surface area (Å²) in [5.41, 5.74) is -1.75. The lowest BCUT2D eigenvalue weighted by atomic mass is 10.1. The van der Waals surface area contributed by atoms with Crippen LogP contribution in [-0.4, -0.2) is 62.9 Å². The van der Waals surface area contributed by atoms with Crippen molar-refractivity contribution in [1.29, 1.82) is 0 Å². The number of carbonyl (C=O) groups is 3. The topological polar surface area (TPSA) is 157 Å². The van der Waals surface area contributed by atoms with E-state index in [2.05, 4.69) is 0 Å². The number of carboxylic acids is 2. The maximum absolute atomic E-state index is 13.2. The summed E-state index contributed by atoms with van der Waals surface area (Å²) in [5, 5.41) is 29.8. The minimum absolute atomic E-state index is 0.537. The molecule has 0 radical (unpaired) electrons. The molecule has 2 unspecified atom stereocenters. The molecule has 0 bridgehead atoms. The number of carbonyl (C=O) groups excluding carboxylic acids is 1. The number of hydrogen-bond donors (Lipinski definition) is 2. The summed E-state index contributed by atoms with van der Waals surface area (Å²) in [5.74, 6) is -4.67. The Bertz CT molecular complexity index is 807. The quantitative estimate of drug-likeness (QED) is 0.479. The van der Waals surface area contributed by atoms with E-state index in [0.717, 1.165) is 19.2 Å². The van der Waals surface area contributed by atoms with Crippen molar-refractivity contribution in [2.75, 3.05) is 7.05 Å². The van der Waals surface area contributed by atoms with Crippen LogP contribution in [0.4, 0.5) is 14.9 Å². The zero-order chi connectivity index (χ0) is 22.5. The van der Waals surface area contributed by atoms with E-state index in [0.29, 0.717) is 11.0 Å². The number of hydrogen-bond acceptors (Lipinski definition) is 7. The van der Waals surface area contributed by atoms with Crippen LogP contribution >= 0.6 is 0 Å². The molecule has 160 valence electrons. The molecule has 0 saturated heterocycles. The van der Waals surface area contributed by atoms with Crippen LogP contribution < -0.4 is 4.74 Å². The van der Waals surface area contributed by atoms with Gasteiger partial charge in [0.25, 0.3) is 0 Å². The average Bonchev–Trinajstić information content (AvgIpc) is 2.56. The number of likely N-dealkylation sites (N-methyl/N-ethyl adjacent to an activating group) is 1. The fourth-order valence-corrected chi connectivity index (χ4v) is 2.17. The number of aliphatic carboxylic acids is 2. The number of nitrogens with zero attached hydrogens (tertiary/aromatic N) is 2. The van der Waals surface area contributed by atoms with Gasteiger partial charge in [-0.25, -0.2) is 18.8 Å². The van der Waals surface area contributed by atoms with E-state index in [1.807, 2.05) is 0 Å². The molecule has 11 nitrogen and oxygen atoms in total. The van der Waals surface area contributed by atoms with Gasteiger partial charge in [-0.05, 0) is 32.9 Å². The van der Waals surface area contributed by atoms with Crippen LogP contribution in [0.1, 0.15) is 27.2 Å². The van der Waals surface area contributed by atoms with Crippen LogP contribution in [0.2, 0.25) is 0 Å². The molecular formula is C17H21FN2O9. The number of benzene rings is 1. The zero-order valence-corrected chi connectivity index (χ0v) is 16.1. The van der Waals surface area contributed by atoms with Crippen molar-refractivity contribution in [3.8, 4) is 5.75 Å². The molecule has 1 aromatic carbocycles. The number of nitro benzene ring substituents is 1. The lowest BCUT2D eigenvalue weighted by molar-refractivity contribution is -0.386. The van der Waals surface area contributed by atoms with Gasteiger partial charge in [-0.15, -0.1) is 0 Å². The molecule has 12 heteroatoms. The molecule has 0 aliphatic carbocycles. The fourth-order valence-electron chi connectivity index (χ4n) is 2.17. The van der Waals surface area contributed by atoms with Crippen molar-refractivity contribution in [3.05, 3.63) is 34.1 Å². The fraction of sp³-hybridized carbons (Fsp3) is 0.471. The van der Waals surface area contributed by atoms with Crippen molar-refractivity contribution in [3.63, 3.8) is 0 Å². The van der Waals surface area contributed by atoms with E-state index in [9.17, 15) is 39.1 Å². The number of carboxylic acid groups (broad SMARTS) is 2. The summed E-state index contributed by atoms with van der Waals surface area (Å²) < 4.78 is 23.4. The van der Waals surface area contributed by atoms with Gasteiger partial charge in [0, 0.05) is 13.5 Å². The Morgan fingerprint density at radius 3 is 2.28 bits per heavy atom. The minimum Gasteiger partial charge on any atom is -0.480 e. The molecule has 1 amide bonds. The van der Waals surface area contributed by atoms with Crippen LogP contribution in [0.3, 0.4) is 0 Å². The first kappa shape index (κ1) is 23.6. The van der Waals surface area contributed by atoms with E-state index in [1.165, 1.54) is 0 Å². The molecule has 0 saturated carbocycles. The molecule has 0 aliphatic heterocycles. The third-order valence-electron chi connectivity index (χ3n) is 3.53. The van der Waals surface area contributed by atoms with Crippen LogP contribution in [0.5, 0.6) is 5.75 Å². The van der Waals surface area contributed by atoms with E-state index < -0.39 is 64.4 Å². The van der Waals surface area contributed by atoms with Crippen molar-refractivity contribution < 1.29 is 43.4 Å². The third kappa shape index (κ3) is 6.90. The first-order valence-corrected chi connectivity index (χ1v) is 8.25. The highest BCUT2D eigenvalue weighted by atomic mass is 19.1. The van der Waals surface area contributed by atoms with Crippen molar-refractivity contribution in [2.24, 2.45) is 0 Å². The summed E-state index contributed by atoms with van der Waals surface area (Å²) >= 11 is 0. The predicted octanol–water partition coefficient (Wildman–Crippen LogP) is 2.28. The first-order valence-electron chi connectivity index (χ1n) is 8.25. The average molecular weight is 416 g/mol. The second kappa shape index (κ2) is 9.17. The molecule has 0 heterocycles. The van der Waals surface area contributed by atoms with Crippen molar-refractivity contribution in [1.82, 2.24) is 4.90 Å². The third-order valence-corrected chi connectivity index (χ3v) is 3.53. The van der Waals surface area contributed by atoms with Gasteiger partial charge in [0.05, 0.1) is 11.0 Å². The maximum Gasteiger partial charge on any atom is 0.410 e. The van der Waals surface area contributed by atoms with Gasteiger partial charge < -0.3 is 19.7 Å². The summed E-state index contributed by atoms with van der Waals surface area (Å²) in [7, 11) is 1.10. The van der Waals surface area contributed by atoms with Crippen LogP contribution in [0, 0.1) is 15.9 Å². The second-order valence-electron chi connectivity index (χ2n) is 6.99. The predicted molar refractivity (Wildman–Crippen MR) is 95.1 cm³/mol. The Hall–Kier alpha value is -3.44. The molecule has 2 atom stereocenters. The van der Waals surface area contributed by atoms with Gasteiger partial charge in [0.2, 0.25) is 0 Å². The summed E-state index contributed by atoms with van der Waals surface area (Å²) in [6.07, 6.45) is -3.65. The molecule has 1 rings (SSSR count). The highest BCUT2D eigenvalue weighted by molar-refractivity contribution is 5.81. The number of rotatable bonds is 8. The number of halogens is 1. The minimum atomic E-state index is -1.88. The highest BCUT2D eigenvalue weighted by Gasteiger charge is 2.36. The van der Waals surface area contributed by atoms with Crippen LogP contribution in [0.25, 0.3) is 0 Å².